The Morgan fingerprint density at radius 2 is 2.27 bits per heavy atom. The van der Waals surface area contributed by atoms with Crippen molar-refractivity contribution in [3.8, 4) is 6.07 Å². The molecule has 4 nitrogen and oxygen atoms in total. The molecule has 2 N–H and O–H groups in total. The average Bonchev–Trinajstić information content (AvgIpc) is 2.23. The van der Waals surface area contributed by atoms with Crippen LogP contribution >= 0.6 is 0 Å². The Morgan fingerprint density at radius 1 is 1.60 bits per heavy atom. The van der Waals surface area contributed by atoms with Gasteiger partial charge in [-0.3, -0.25) is 4.79 Å². The molecule has 0 aliphatic heterocycles. The second kappa shape index (κ2) is 5.72. The molecule has 3 unspecified atom stereocenters. The number of carbonyl (C=O) groups excluding carboxylic acids is 1. The molecule has 4 heteroatoms. The van der Waals surface area contributed by atoms with E-state index in [4.69, 9.17) is 5.26 Å². The summed E-state index contributed by atoms with van der Waals surface area (Å²) in [5, 5.41) is 21.1. The van der Waals surface area contributed by atoms with Crippen LogP contribution in [0.4, 0.5) is 0 Å². The molecule has 0 aromatic carbocycles. The molecule has 0 bridgehead atoms. The number of hydrogen-bond donors (Lipinski definition) is 2. The first-order valence-electron chi connectivity index (χ1n) is 5.57. The zero-order chi connectivity index (χ0) is 11.3. The maximum atomic E-state index is 11.6. The second-order valence-corrected chi connectivity index (χ2v) is 4.06. The van der Waals surface area contributed by atoms with E-state index >= 15 is 0 Å². The average molecular weight is 210 g/mol. The van der Waals surface area contributed by atoms with Crippen molar-refractivity contribution < 1.29 is 9.90 Å². The lowest BCUT2D eigenvalue weighted by atomic mass is 9.92. The number of rotatable bonds is 3. The Bertz CT molecular complexity index is 260. The monoisotopic (exact) mass is 210 g/mol. The summed E-state index contributed by atoms with van der Waals surface area (Å²) in [5.74, 6) is -0.829. The second-order valence-electron chi connectivity index (χ2n) is 4.06. The molecule has 0 spiro atoms. The Labute approximate surface area is 90.3 Å². The maximum Gasteiger partial charge on any atom is 0.237 e. The van der Waals surface area contributed by atoms with E-state index in [2.05, 4.69) is 5.32 Å². The predicted molar refractivity (Wildman–Crippen MR) is 55.8 cm³/mol. The van der Waals surface area contributed by atoms with Crippen molar-refractivity contribution in [2.45, 2.75) is 51.2 Å². The Morgan fingerprint density at radius 3 is 2.80 bits per heavy atom. The summed E-state index contributed by atoms with van der Waals surface area (Å²) in [6.45, 7) is 1.81. The molecular formula is C11H18N2O2. The highest BCUT2D eigenvalue weighted by molar-refractivity contribution is 5.81. The molecule has 0 saturated heterocycles. The van der Waals surface area contributed by atoms with E-state index in [1.165, 1.54) is 0 Å². The topological polar surface area (TPSA) is 73.1 Å². The molecule has 1 saturated carbocycles. The molecule has 15 heavy (non-hydrogen) atoms. The third kappa shape index (κ3) is 3.21. The van der Waals surface area contributed by atoms with Gasteiger partial charge >= 0.3 is 0 Å². The van der Waals surface area contributed by atoms with E-state index in [0.717, 1.165) is 25.7 Å². The Hall–Kier alpha value is -1.08. The fourth-order valence-corrected chi connectivity index (χ4v) is 1.90. The lowest BCUT2D eigenvalue weighted by molar-refractivity contribution is -0.125. The molecule has 84 valence electrons. The third-order valence-electron chi connectivity index (χ3n) is 2.94. The van der Waals surface area contributed by atoms with Crippen LogP contribution in [0, 0.1) is 17.2 Å². The van der Waals surface area contributed by atoms with E-state index in [-0.39, 0.29) is 11.9 Å². The summed E-state index contributed by atoms with van der Waals surface area (Å²) >= 11 is 0. The molecule has 1 amide bonds. The van der Waals surface area contributed by atoms with Crippen LogP contribution in [0.2, 0.25) is 0 Å². The van der Waals surface area contributed by atoms with Crippen molar-refractivity contribution in [3.63, 3.8) is 0 Å². The minimum Gasteiger partial charge on any atom is -0.391 e. The van der Waals surface area contributed by atoms with Crippen molar-refractivity contribution in [1.82, 2.24) is 5.32 Å². The van der Waals surface area contributed by atoms with Gasteiger partial charge < -0.3 is 10.4 Å². The van der Waals surface area contributed by atoms with Crippen molar-refractivity contribution in [3.05, 3.63) is 0 Å². The van der Waals surface area contributed by atoms with Crippen LogP contribution in [0.25, 0.3) is 0 Å². The van der Waals surface area contributed by atoms with Crippen molar-refractivity contribution in [2.75, 3.05) is 0 Å². The molecule has 0 heterocycles. The van der Waals surface area contributed by atoms with Gasteiger partial charge in [-0.2, -0.15) is 5.26 Å². The SMILES string of the molecule is CCC(C#N)C(=O)NC1CCCCC1O. The minimum absolute atomic E-state index is 0.159. The lowest BCUT2D eigenvalue weighted by Crippen LogP contribution is -2.46. The molecule has 0 aromatic rings. The number of amides is 1. The van der Waals surface area contributed by atoms with Gasteiger partial charge in [0.2, 0.25) is 5.91 Å². The highest BCUT2D eigenvalue weighted by Gasteiger charge is 2.26. The number of nitrogens with zero attached hydrogens (tertiary/aromatic N) is 1. The van der Waals surface area contributed by atoms with E-state index in [0.29, 0.717) is 6.42 Å². The normalized spacial score (nSPS) is 27.8. The van der Waals surface area contributed by atoms with Crippen molar-refractivity contribution in [2.24, 2.45) is 5.92 Å². The molecule has 3 atom stereocenters. The molecular weight excluding hydrogens is 192 g/mol. The highest BCUT2D eigenvalue weighted by atomic mass is 16.3. The highest BCUT2D eigenvalue weighted by Crippen LogP contribution is 2.18. The van der Waals surface area contributed by atoms with Crippen LogP contribution in [0.1, 0.15) is 39.0 Å². The van der Waals surface area contributed by atoms with E-state index < -0.39 is 12.0 Å². The van der Waals surface area contributed by atoms with E-state index in [9.17, 15) is 9.90 Å². The molecule has 0 radical (unpaired) electrons. The van der Waals surface area contributed by atoms with Gasteiger partial charge in [0.25, 0.3) is 0 Å². The van der Waals surface area contributed by atoms with E-state index in [1.807, 2.05) is 13.0 Å². The van der Waals surface area contributed by atoms with Crippen molar-refractivity contribution >= 4 is 5.91 Å². The van der Waals surface area contributed by atoms with Gasteiger partial charge in [0.1, 0.15) is 5.92 Å². The van der Waals surface area contributed by atoms with Crippen LogP contribution in [0.3, 0.4) is 0 Å². The smallest absolute Gasteiger partial charge is 0.237 e. The Kier molecular flexibility index (Phi) is 4.57. The van der Waals surface area contributed by atoms with Crippen LogP contribution < -0.4 is 5.32 Å². The molecule has 0 aromatic heterocycles. The maximum absolute atomic E-state index is 11.6. The summed E-state index contributed by atoms with van der Waals surface area (Å²) in [4.78, 5) is 11.6. The number of aliphatic hydroxyl groups excluding tert-OH is 1. The zero-order valence-electron chi connectivity index (χ0n) is 9.07. The Balaban J connectivity index is 2.46. The van der Waals surface area contributed by atoms with Gasteiger partial charge in [-0.25, -0.2) is 0 Å². The van der Waals surface area contributed by atoms with Gasteiger partial charge in [0, 0.05) is 0 Å². The fraction of sp³-hybridized carbons (Fsp3) is 0.818. The number of hydrogen-bond acceptors (Lipinski definition) is 3. The van der Waals surface area contributed by atoms with Crippen LogP contribution in [0.5, 0.6) is 0 Å². The first-order chi connectivity index (χ1) is 7.19. The first kappa shape index (κ1) is 12.0. The summed E-state index contributed by atoms with van der Waals surface area (Å²) in [5.41, 5.74) is 0. The molecule has 1 rings (SSSR count). The summed E-state index contributed by atoms with van der Waals surface area (Å²) < 4.78 is 0. The predicted octanol–water partition coefficient (Wildman–Crippen LogP) is 0.956. The van der Waals surface area contributed by atoms with Gasteiger partial charge in [0.15, 0.2) is 0 Å². The number of aliphatic hydroxyl groups is 1. The van der Waals surface area contributed by atoms with Gasteiger partial charge in [-0.05, 0) is 19.3 Å². The zero-order valence-corrected chi connectivity index (χ0v) is 9.07. The van der Waals surface area contributed by atoms with Gasteiger partial charge in [-0.1, -0.05) is 19.8 Å². The fourth-order valence-electron chi connectivity index (χ4n) is 1.90. The quantitative estimate of drug-likeness (QED) is 0.728. The largest absolute Gasteiger partial charge is 0.391 e. The number of nitrogens with one attached hydrogen (secondary N) is 1. The molecule has 1 fully saturated rings. The van der Waals surface area contributed by atoms with Gasteiger partial charge in [-0.15, -0.1) is 0 Å². The van der Waals surface area contributed by atoms with Gasteiger partial charge in [0.05, 0.1) is 18.2 Å². The number of nitriles is 1. The standard InChI is InChI=1S/C11H18N2O2/c1-2-8(7-12)11(15)13-9-5-3-4-6-10(9)14/h8-10,14H,2-6H2,1H3,(H,13,15). The summed E-state index contributed by atoms with van der Waals surface area (Å²) in [6, 6.07) is 1.80. The summed E-state index contributed by atoms with van der Waals surface area (Å²) in [7, 11) is 0. The molecule has 1 aliphatic rings. The molecule has 1 aliphatic carbocycles. The minimum atomic E-state index is -0.584. The number of carbonyl (C=O) groups is 1. The lowest BCUT2D eigenvalue weighted by Gasteiger charge is -2.28. The van der Waals surface area contributed by atoms with Crippen LogP contribution in [-0.2, 0) is 4.79 Å². The summed E-state index contributed by atoms with van der Waals surface area (Å²) in [6.07, 6.45) is 3.68. The first-order valence-corrected chi connectivity index (χ1v) is 5.57. The third-order valence-corrected chi connectivity index (χ3v) is 2.94. The van der Waals surface area contributed by atoms with Crippen molar-refractivity contribution in [1.29, 1.82) is 5.26 Å². The van der Waals surface area contributed by atoms with Crippen LogP contribution in [-0.4, -0.2) is 23.2 Å². The van der Waals surface area contributed by atoms with E-state index in [1.54, 1.807) is 0 Å². The van der Waals surface area contributed by atoms with Crippen LogP contribution in [0.15, 0.2) is 0 Å².